The number of hydrogen-bond donors (Lipinski definition) is 1. The molecule has 210 valence electrons. The van der Waals surface area contributed by atoms with E-state index in [0.717, 1.165) is 33.3 Å². The summed E-state index contributed by atoms with van der Waals surface area (Å²) in [6, 6.07) is 25.8. The Balaban J connectivity index is 1.82. The Morgan fingerprint density at radius 1 is 1.07 bits per heavy atom. The molecule has 0 saturated heterocycles. The molecule has 4 rings (SSSR count). The number of benzene rings is 3. The molecule has 3 aromatic carbocycles. The maximum atomic E-state index is 13.2. The van der Waals surface area contributed by atoms with Gasteiger partial charge in [-0.05, 0) is 53.6 Å². The number of hydrazine groups is 1. The van der Waals surface area contributed by atoms with Gasteiger partial charge in [-0.15, -0.1) is 16.8 Å². The maximum Gasteiger partial charge on any atom is 0.437 e. The van der Waals surface area contributed by atoms with Crippen molar-refractivity contribution >= 4 is 39.7 Å². The number of nitrogens with one attached hydrogen (secondary N) is 1. The molecule has 0 spiro atoms. The van der Waals surface area contributed by atoms with Crippen LogP contribution in [0.15, 0.2) is 99.8 Å². The number of methoxy groups -OCH3 is 1. The van der Waals surface area contributed by atoms with Crippen molar-refractivity contribution in [2.24, 2.45) is 4.99 Å². The van der Waals surface area contributed by atoms with Crippen LogP contribution in [-0.2, 0) is 23.4 Å². The molecule has 0 bridgehead atoms. The largest absolute Gasteiger partial charge is 0.497 e. The average molecular weight is 624 g/mol. The van der Waals surface area contributed by atoms with Crippen LogP contribution in [-0.4, -0.2) is 48.4 Å². The standard InChI is InChI=1S/C31H35BrN4O3S/c1-31(28-15-10-20-40-28,26-13-8-9-14-27(26)32)36(21-23-16-18-25(38-4)19-17-23)29(35(3)33-2)34-30(37)39-22-24-11-6-5-7-12-24/h5-14,16-20,28,33H,15,21-22H2,1-4H3/b34-29+. The molecule has 0 fully saturated rings. The molecule has 9 heteroatoms. The Kier molecular flexibility index (Phi) is 10.3. The smallest absolute Gasteiger partial charge is 0.437 e. The van der Waals surface area contributed by atoms with E-state index in [9.17, 15) is 4.79 Å². The first-order valence-electron chi connectivity index (χ1n) is 13.0. The Morgan fingerprint density at radius 2 is 1.77 bits per heavy atom. The lowest BCUT2D eigenvalue weighted by Gasteiger charge is -2.48. The van der Waals surface area contributed by atoms with Crippen molar-refractivity contribution in [2.45, 2.75) is 37.3 Å². The monoisotopic (exact) mass is 622 g/mol. The fraction of sp³-hybridized carbons (Fsp3) is 0.290. The fourth-order valence-corrected chi connectivity index (χ4v) is 6.56. The van der Waals surface area contributed by atoms with Crippen molar-refractivity contribution in [2.75, 3.05) is 21.2 Å². The third-order valence-corrected chi connectivity index (χ3v) is 9.09. The number of rotatable bonds is 9. The van der Waals surface area contributed by atoms with Crippen molar-refractivity contribution in [3.63, 3.8) is 0 Å². The van der Waals surface area contributed by atoms with Crippen molar-refractivity contribution in [3.8, 4) is 5.75 Å². The zero-order valence-corrected chi connectivity index (χ0v) is 25.6. The minimum absolute atomic E-state index is 0.141. The lowest BCUT2D eigenvalue weighted by atomic mass is 9.84. The molecule has 0 aliphatic carbocycles. The number of thioether (sulfide) groups is 1. The zero-order chi connectivity index (χ0) is 28.5. The number of amides is 1. The summed E-state index contributed by atoms with van der Waals surface area (Å²) in [4.78, 5) is 20.0. The second kappa shape index (κ2) is 13.9. The summed E-state index contributed by atoms with van der Waals surface area (Å²) >= 11 is 5.61. The molecule has 3 aromatic rings. The summed E-state index contributed by atoms with van der Waals surface area (Å²) in [5.41, 5.74) is 5.61. The van der Waals surface area contributed by atoms with Crippen LogP contribution in [0.5, 0.6) is 5.75 Å². The Bertz CT molecular complexity index is 1330. The molecule has 1 aliphatic rings. The normalized spacial score (nSPS) is 16.3. The molecule has 7 nitrogen and oxygen atoms in total. The van der Waals surface area contributed by atoms with E-state index < -0.39 is 11.6 Å². The maximum absolute atomic E-state index is 13.2. The molecule has 2 unspecified atom stereocenters. The number of guanidine groups is 1. The van der Waals surface area contributed by atoms with E-state index >= 15 is 0 Å². The number of aliphatic imine (C=N–C) groups is 1. The van der Waals surface area contributed by atoms with Gasteiger partial charge in [0.2, 0.25) is 5.96 Å². The summed E-state index contributed by atoms with van der Waals surface area (Å²) < 4.78 is 12.0. The van der Waals surface area contributed by atoms with Gasteiger partial charge in [0, 0.05) is 30.4 Å². The summed E-state index contributed by atoms with van der Waals surface area (Å²) in [5.74, 6) is 1.23. The van der Waals surface area contributed by atoms with Gasteiger partial charge in [0.15, 0.2) is 0 Å². The molecule has 0 radical (unpaired) electrons. The van der Waals surface area contributed by atoms with E-state index in [2.05, 4.69) is 61.8 Å². The Labute approximate surface area is 249 Å². The minimum Gasteiger partial charge on any atom is -0.497 e. The first-order valence-corrected chi connectivity index (χ1v) is 14.8. The van der Waals surface area contributed by atoms with Gasteiger partial charge in [-0.2, -0.15) is 0 Å². The lowest BCUT2D eigenvalue weighted by molar-refractivity contribution is 0.137. The second-order valence-corrected chi connectivity index (χ2v) is 11.5. The van der Waals surface area contributed by atoms with Gasteiger partial charge in [-0.25, -0.2) is 10.2 Å². The van der Waals surface area contributed by atoms with E-state index in [1.54, 1.807) is 30.9 Å². The summed E-state index contributed by atoms with van der Waals surface area (Å²) in [6.45, 7) is 2.84. The van der Waals surface area contributed by atoms with Crippen LogP contribution in [0.25, 0.3) is 0 Å². The minimum atomic E-state index is -0.660. The first-order chi connectivity index (χ1) is 19.4. The van der Waals surface area contributed by atoms with Crippen LogP contribution in [0.3, 0.4) is 0 Å². The quantitative estimate of drug-likeness (QED) is 0.157. The molecule has 1 N–H and O–H groups in total. The van der Waals surface area contributed by atoms with Gasteiger partial charge in [0.1, 0.15) is 12.4 Å². The molecular weight excluding hydrogens is 588 g/mol. The summed E-state index contributed by atoms with van der Waals surface area (Å²) in [5, 5.41) is 4.06. The van der Waals surface area contributed by atoms with E-state index in [4.69, 9.17) is 9.47 Å². The number of carbonyl (C=O) groups excluding carboxylic acids is 1. The second-order valence-electron chi connectivity index (χ2n) is 9.53. The van der Waals surface area contributed by atoms with Crippen molar-refractivity contribution in [1.29, 1.82) is 0 Å². The average Bonchev–Trinajstić information content (AvgIpc) is 3.54. The van der Waals surface area contributed by atoms with Gasteiger partial charge in [0.05, 0.1) is 12.6 Å². The Morgan fingerprint density at radius 3 is 2.40 bits per heavy atom. The molecule has 1 aliphatic heterocycles. The number of carbonyl (C=O) groups is 1. The summed E-state index contributed by atoms with van der Waals surface area (Å²) in [7, 11) is 5.31. The third-order valence-electron chi connectivity index (χ3n) is 7.07. The van der Waals surface area contributed by atoms with Crippen LogP contribution < -0.4 is 10.2 Å². The lowest BCUT2D eigenvalue weighted by Crippen LogP contribution is -2.58. The molecule has 0 saturated carbocycles. The first kappa shape index (κ1) is 29.7. The highest BCUT2D eigenvalue weighted by Gasteiger charge is 2.45. The zero-order valence-electron chi connectivity index (χ0n) is 23.2. The predicted molar refractivity (Wildman–Crippen MR) is 166 cm³/mol. The number of ether oxygens (including phenoxy) is 2. The van der Waals surface area contributed by atoms with Crippen LogP contribution in [0.2, 0.25) is 0 Å². The van der Waals surface area contributed by atoms with Crippen LogP contribution >= 0.6 is 27.7 Å². The number of nitrogens with zero attached hydrogens (tertiary/aromatic N) is 3. The fourth-order valence-electron chi connectivity index (χ4n) is 4.72. The predicted octanol–water partition coefficient (Wildman–Crippen LogP) is 6.95. The Hall–Kier alpha value is -3.27. The van der Waals surface area contributed by atoms with E-state index in [0.29, 0.717) is 12.5 Å². The van der Waals surface area contributed by atoms with Crippen LogP contribution in [0.1, 0.15) is 30.0 Å². The van der Waals surface area contributed by atoms with Crippen LogP contribution in [0.4, 0.5) is 4.79 Å². The van der Waals surface area contributed by atoms with E-state index in [1.165, 1.54) is 0 Å². The number of allylic oxidation sites excluding steroid dienone is 1. The van der Waals surface area contributed by atoms with Crippen molar-refractivity contribution < 1.29 is 14.3 Å². The third kappa shape index (κ3) is 6.89. The highest BCUT2D eigenvalue weighted by molar-refractivity contribution is 9.10. The van der Waals surface area contributed by atoms with Gasteiger partial charge in [-0.1, -0.05) is 82.7 Å². The van der Waals surface area contributed by atoms with Gasteiger partial charge in [0.25, 0.3) is 0 Å². The highest BCUT2D eigenvalue weighted by atomic mass is 79.9. The molecule has 0 aromatic heterocycles. The highest BCUT2D eigenvalue weighted by Crippen LogP contribution is 2.46. The van der Waals surface area contributed by atoms with Crippen molar-refractivity contribution in [1.82, 2.24) is 15.3 Å². The topological polar surface area (TPSA) is 66.4 Å². The molecular formula is C31H35BrN4O3S. The molecule has 1 heterocycles. The van der Waals surface area contributed by atoms with Gasteiger partial charge in [-0.3, -0.25) is 5.01 Å². The van der Waals surface area contributed by atoms with Crippen molar-refractivity contribution in [3.05, 3.63) is 112 Å². The molecule has 2 atom stereocenters. The SMILES string of the molecule is CNN(C)/C(=N\C(=O)OCc1ccccc1)N(Cc1ccc(OC)cc1)C(C)(c1ccccc1Br)C1CC=CS1. The van der Waals surface area contributed by atoms with Crippen LogP contribution in [0, 0.1) is 0 Å². The number of halogens is 1. The van der Waals surface area contributed by atoms with Gasteiger partial charge >= 0.3 is 6.09 Å². The summed E-state index contributed by atoms with van der Waals surface area (Å²) in [6.07, 6.45) is 2.41. The van der Waals surface area contributed by atoms with Gasteiger partial charge < -0.3 is 14.4 Å². The van der Waals surface area contributed by atoms with E-state index in [-0.39, 0.29) is 11.9 Å². The number of hydrogen-bond acceptors (Lipinski definition) is 5. The van der Waals surface area contributed by atoms with E-state index in [1.807, 2.05) is 73.8 Å². The molecule has 40 heavy (non-hydrogen) atoms. The molecule has 1 amide bonds.